The molecule has 1 aliphatic rings. The summed E-state index contributed by atoms with van der Waals surface area (Å²) in [4.78, 5) is 27.5. The van der Waals surface area contributed by atoms with Crippen LogP contribution in [0.25, 0.3) is 0 Å². The second kappa shape index (κ2) is 40.1. The Bertz CT molecular complexity index is 802. The molecular weight excluding hydrogens is 667 g/mol. The lowest BCUT2D eigenvalue weighted by molar-refractivity contribution is -0.122. The summed E-state index contributed by atoms with van der Waals surface area (Å²) in [6.45, 7) is 8.34. The van der Waals surface area contributed by atoms with Gasteiger partial charge in [0.25, 0.3) is 0 Å². The molecule has 0 saturated heterocycles. The number of aliphatic hydroxyl groups excluding tert-OH is 1. The van der Waals surface area contributed by atoms with E-state index in [0.717, 1.165) is 89.9 Å². The number of carbonyl (C=O) groups excluding carboxylic acids is 2. The van der Waals surface area contributed by atoms with Gasteiger partial charge in [-0.3, -0.25) is 9.59 Å². The monoisotopic (exact) mass is 762 g/mol. The van der Waals surface area contributed by atoms with Crippen molar-refractivity contribution in [3.8, 4) is 0 Å². The lowest BCUT2D eigenvalue weighted by Crippen LogP contribution is -2.34. The second-order valence-corrected chi connectivity index (χ2v) is 17.4. The van der Waals surface area contributed by atoms with Gasteiger partial charge in [-0.25, -0.2) is 0 Å². The van der Waals surface area contributed by atoms with Crippen LogP contribution in [-0.4, -0.2) is 60.6 Å². The quantitative estimate of drug-likeness (QED) is 0.0541. The van der Waals surface area contributed by atoms with Gasteiger partial charge in [0.15, 0.2) is 0 Å². The summed E-state index contributed by atoms with van der Waals surface area (Å²) in [7, 11) is 0. The molecule has 320 valence electrons. The molecule has 0 spiro atoms. The molecule has 2 amide bonds. The third kappa shape index (κ3) is 34.1. The van der Waals surface area contributed by atoms with Gasteiger partial charge in [0, 0.05) is 32.0 Å². The van der Waals surface area contributed by atoms with Crippen molar-refractivity contribution in [3.63, 3.8) is 0 Å². The van der Waals surface area contributed by atoms with Gasteiger partial charge in [0.05, 0.1) is 6.61 Å². The zero-order chi connectivity index (χ0) is 39.0. The highest BCUT2D eigenvalue weighted by molar-refractivity contribution is 5.76. The van der Waals surface area contributed by atoms with E-state index in [9.17, 15) is 14.7 Å². The largest absolute Gasteiger partial charge is 0.395 e. The van der Waals surface area contributed by atoms with Crippen molar-refractivity contribution in [1.29, 1.82) is 0 Å². The number of hydrogen-bond acceptors (Lipinski definition) is 4. The Labute approximate surface area is 337 Å². The van der Waals surface area contributed by atoms with Gasteiger partial charge >= 0.3 is 0 Å². The summed E-state index contributed by atoms with van der Waals surface area (Å²) >= 11 is 0. The first-order valence-electron chi connectivity index (χ1n) is 24.5. The summed E-state index contributed by atoms with van der Waals surface area (Å²) in [6, 6.07) is 0.367. The normalized spacial score (nSPS) is 13.9. The first-order valence-corrected chi connectivity index (χ1v) is 24.5. The van der Waals surface area contributed by atoms with Gasteiger partial charge < -0.3 is 20.6 Å². The molecule has 0 aromatic heterocycles. The van der Waals surface area contributed by atoms with Gasteiger partial charge in [0.2, 0.25) is 11.8 Å². The molecule has 6 nitrogen and oxygen atoms in total. The molecular formula is C48H95N3O3. The maximum atomic E-state index is 12.9. The van der Waals surface area contributed by atoms with E-state index >= 15 is 0 Å². The molecule has 0 aliphatic heterocycles. The highest BCUT2D eigenvalue weighted by Crippen LogP contribution is 2.29. The number of hydrogen-bond donors (Lipinski definition) is 3. The molecule has 6 heteroatoms. The fourth-order valence-electron chi connectivity index (χ4n) is 8.59. The van der Waals surface area contributed by atoms with E-state index in [1.165, 1.54) is 167 Å². The van der Waals surface area contributed by atoms with Crippen LogP contribution < -0.4 is 10.6 Å². The summed E-state index contributed by atoms with van der Waals surface area (Å²) in [5.74, 6) is 1.51. The van der Waals surface area contributed by atoms with E-state index in [-0.39, 0.29) is 18.4 Å². The topological polar surface area (TPSA) is 81.7 Å². The Morgan fingerprint density at radius 2 is 0.981 bits per heavy atom. The summed E-state index contributed by atoms with van der Waals surface area (Å²) in [5, 5.41) is 16.1. The van der Waals surface area contributed by atoms with E-state index in [2.05, 4.69) is 29.4 Å². The highest BCUT2D eigenvalue weighted by Gasteiger charge is 2.15. The maximum Gasteiger partial charge on any atom is 0.220 e. The lowest BCUT2D eigenvalue weighted by Gasteiger charge is -2.21. The van der Waals surface area contributed by atoms with Gasteiger partial charge in [-0.05, 0) is 64.0 Å². The number of rotatable bonds is 42. The third-order valence-electron chi connectivity index (χ3n) is 12.2. The van der Waals surface area contributed by atoms with Gasteiger partial charge in [-0.15, -0.1) is 0 Å². The molecule has 1 atom stereocenters. The Kier molecular flexibility index (Phi) is 37.8. The van der Waals surface area contributed by atoms with Crippen molar-refractivity contribution in [2.45, 2.75) is 257 Å². The van der Waals surface area contributed by atoms with E-state index in [1.807, 2.05) is 0 Å². The molecule has 0 aromatic carbocycles. The van der Waals surface area contributed by atoms with E-state index in [1.54, 1.807) is 0 Å². The number of unbranched alkanes of at least 4 members (excludes halogenated alkanes) is 23. The van der Waals surface area contributed by atoms with Crippen molar-refractivity contribution in [2.75, 3.05) is 32.8 Å². The SMILES string of the molecule is CCCCCCCCCCCNC(=O)CCCCCN(CCO)CCCCCCCC(=O)NC(CCCCCCCC)CCCCCCCC1CCCC1. The van der Waals surface area contributed by atoms with Crippen LogP contribution in [0.3, 0.4) is 0 Å². The zero-order valence-electron chi connectivity index (χ0n) is 36.6. The van der Waals surface area contributed by atoms with Crippen LogP contribution >= 0.6 is 0 Å². The van der Waals surface area contributed by atoms with Crippen molar-refractivity contribution < 1.29 is 14.7 Å². The van der Waals surface area contributed by atoms with Gasteiger partial charge in [0.1, 0.15) is 0 Å². The van der Waals surface area contributed by atoms with Crippen molar-refractivity contribution >= 4 is 11.8 Å². The van der Waals surface area contributed by atoms with Crippen molar-refractivity contribution in [1.82, 2.24) is 15.5 Å². The van der Waals surface area contributed by atoms with Crippen LogP contribution in [0.15, 0.2) is 0 Å². The van der Waals surface area contributed by atoms with E-state index in [4.69, 9.17) is 0 Å². The minimum Gasteiger partial charge on any atom is -0.395 e. The average Bonchev–Trinajstić information content (AvgIpc) is 3.69. The first-order chi connectivity index (χ1) is 26.6. The fourth-order valence-corrected chi connectivity index (χ4v) is 8.59. The Morgan fingerprint density at radius 3 is 1.54 bits per heavy atom. The molecule has 0 aromatic rings. The zero-order valence-corrected chi connectivity index (χ0v) is 36.6. The molecule has 1 unspecified atom stereocenters. The lowest BCUT2D eigenvalue weighted by atomic mass is 9.97. The Balaban J connectivity index is 2.10. The predicted octanol–water partition coefficient (Wildman–Crippen LogP) is 13.0. The molecule has 0 bridgehead atoms. The second-order valence-electron chi connectivity index (χ2n) is 17.4. The van der Waals surface area contributed by atoms with Crippen molar-refractivity contribution in [2.24, 2.45) is 5.92 Å². The van der Waals surface area contributed by atoms with Crippen molar-refractivity contribution in [3.05, 3.63) is 0 Å². The number of carbonyl (C=O) groups is 2. The standard InChI is InChI=1S/C48H95N3O3/c1-3-5-7-9-11-12-13-20-30-40-49-47(53)38-27-22-32-42-51(43-44-52)41-31-21-15-19-26-39-48(54)50-46(36-24-17-10-8-6-4-2)37-25-18-14-16-23-33-45-34-28-29-35-45/h45-46,52H,3-44H2,1-2H3,(H,49,53)(H,50,54). The van der Waals surface area contributed by atoms with E-state index in [0.29, 0.717) is 18.9 Å². The third-order valence-corrected chi connectivity index (χ3v) is 12.2. The number of nitrogens with one attached hydrogen (secondary N) is 2. The Morgan fingerprint density at radius 1 is 0.537 bits per heavy atom. The van der Waals surface area contributed by atoms with Crippen LogP contribution in [0, 0.1) is 5.92 Å². The minimum absolute atomic E-state index is 0.205. The molecule has 54 heavy (non-hydrogen) atoms. The van der Waals surface area contributed by atoms with Crippen LogP contribution in [0.2, 0.25) is 0 Å². The minimum atomic E-state index is 0.205. The molecule has 1 rings (SSSR count). The van der Waals surface area contributed by atoms with Crippen LogP contribution in [-0.2, 0) is 9.59 Å². The smallest absolute Gasteiger partial charge is 0.220 e. The highest BCUT2D eigenvalue weighted by atomic mass is 16.3. The van der Waals surface area contributed by atoms with Gasteiger partial charge in [-0.1, -0.05) is 194 Å². The predicted molar refractivity (Wildman–Crippen MR) is 234 cm³/mol. The molecule has 3 N–H and O–H groups in total. The summed E-state index contributed by atoms with van der Waals surface area (Å²) < 4.78 is 0. The summed E-state index contributed by atoms with van der Waals surface area (Å²) in [5.41, 5.74) is 0. The Hall–Kier alpha value is -1.14. The molecule has 1 aliphatic carbocycles. The maximum absolute atomic E-state index is 12.9. The fraction of sp³-hybridized carbons (Fsp3) is 0.958. The van der Waals surface area contributed by atoms with Crippen LogP contribution in [0.4, 0.5) is 0 Å². The summed E-state index contributed by atoms with van der Waals surface area (Å²) in [6.07, 6.45) is 46.1. The van der Waals surface area contributed by atoms with Gasteiger partial charge in [-0.2, -0.15) is 0 Å². The number of nitrogens with zero attached hydrogens (tertiary/aromatic N) is 1. The number of amides is 2. The molecule has 1 fully saturated rings. The first kappa shape index (κ1) is 50.9. The molecule has 1 saturated carbocycles. The number of aliphatic hydroxyl groups is 1. The van der Waals surface area contributed by atoms with E-state index < -0.39 is 0 Å². The average molecular weight is 762 g/mol. The molecule has 0 heterocycles. The van der Waals surface area contributed by atoms with Crippen LogP contribution in [0.5, 0.6) is 0 Å². The molecule has 0 radical (unpaired) electrons. The van der Waals surface area contributed by atoms with Crippen LogP contribution in [0.1, 0.15) is 251 Å².